The average molecular weight is 197 g/mol. The molecule has 0 aliphatic carbocycles. The molecule has 0 N–H and O–H groups in total. The van der Waals surface area contributed by atoms with Crippen molar-refractivity contribution in [2.24, 2.45) is 5.92 Å². The molecular weight excluding hydrogens is 180 g/mol. The van der Waals surface area contributed by atoms with Gasteiger partial charge in [0.2, 0.25) is 0 Å². The molecule has 1 unspecified atom stereocenters. The molecule has 0 heterocycles. The normalized spacial score (nSPS) is 13.3. The number of rotatable bonds is 3. The molecule has 1 rings (SSSR count). The first-order chi connectivity index (χ1) is 6.09. The van der Waals surface area contributed by atoms with Crippen LogP contribution >= 0.6 is 11.6 Å². The Balaban J connectivity index is 2.64. The number of benzene rings is 1. The first kappa shape index (κ1) is 10.6. The highest BCUT2D eigenvalue weighted by molar-refractivity contribution is 6.20. The number of halogens is 1. The fourth-order valence-electron chi connectivity index (χ4n) is 1.30. The number of hydrogen-bond donors (Lipinski definition) is 0. The fourth-order valence-corrected chi connectivity index (χ4v) is 1.48. The van der Waals surface area contributed by atoms with Gasteiger partial charge in [-0.15, -0.1) is 11.6 Å². The van der Waals surface area contributed by atoms with E-state index in [0.717, 1.165) is 6.42 Å². The summed E-state index contributed by atoms with van der Waals surface area (Å²) in [6.07, 6.45) is 0.973. The Bertz CT molecular complexity index is 266. The summed E-state index contributed by atoms with van der Waals surface area (Å²) in [5.74, 6) is 0.544. The Kier molecular flexibility index (Phi) is 3.80. The molecule has 0 amide bonds. The lowest BCUT2D eigenvalue weighted by Gasteiger charge is -2.13. The van der Waals surface area contributed by atoms with Crippen LogP contribution in [0.25, 0.3) is 0 Å². The Morgan fingerprint density at radius 1 is 1.31 bits per heavy atom. The molecule has 0 radical (unpaired) electrons. The molecule has 0 aromatic heterocycles. The van der Waals surface area contributed by atoms with Gasteiger partial charge in [-0.2, -0.15) is 0 Å². The zero-order chi connectivity index (χ0) is 9.84. The van der Waals surface area contributed by atoms with E-state index in [2.05, 4.69) is 45.0 Å². The largest absolute Gasteiger partial charge is 0.122 e. The number of aryl methyl sites for hydroxylation is 1. The van der Waals surface area contributed by atoms with Crippen LogP contribution in [0.15, 0.2) is 24.3 Å². The third kappa shape index (κ3) is 3.40. The van der Waals surface area contributed by atoms with Crippen molar-refractivity contribution in [3.8, 4) is 0 Å². The predicted molar refractivity (Wildman–Crippen MR) is 59.4 cm³/mol. The van der Waals surface area contributed by atoms with Crippen LogP contribution in [0.4, 0.5) is 0 Å². The van der Waals surface area contributed by atoms with Gasteiger partial charge in [0.05, 0.1) is 0 Å². The first-order valence-corrected chi connectivity index (χ1v) is 5.23. The van der Waals surface area contributed by atoms with Crippen LogP contribution in [-0.4, -0.2) is 5.38 Å². The molecule has 0 saturated carbocycles. The summed E-state index contributed by atoms with van der Waals surface area (Å²) in [4.78, 5) is 0. The molecule has 0 spiro atoms. The van der Waals surface area contributed by atoms with Gasteiger partial charge in [-0.1, -0.05) is 43.7 Å². The van der Waals surface area contributed by atoms with E-state index >= 15 is 0 Å². The second kappa shape index (κ2) is 4.66. The zero-order valence-electron chi connectivity index (χ0n) is 8.55. The van der Waals surface area contributed by atoms with Gasteiger partial charge in [0.15, 0.2) is 0 Å². The first-order valence-electron chi connectivity index (χ1n) is 4.79. The van der Waals surface area contributed by atoms with E-state index in [1.807, 2.05) is 0 Å². The molecule has 72 valence electrons. The highest BCUT2D eigenvalue weighted by Crippen LogP contribution is 2.16. The Morgan fingerprint density at radius 3 is 2.54 bits per heavy atom. The summed E-state index contributed by atoms with van der Waals surface area (Å²) in [6, 6.07) is 8.55. The van der Waals surface area contributed by atoms with Crippen molar-refractivity contribution >= 4 is 11.6 Å². The average Bonchev–Trinajstić information content (AvgIpc) is 2.04. The molecule has 0 nitrogen and oxygen atoms in total. The van der Waals surface area contributed by atoms with Gasteiger partial charge in [0.25, 0.3) is 0 Å². The van der Waals surface area contributed by atoms with Gasteiger partial charge in [0.1, 0.15) is 0 Å². The van der Waals surface area contributed by atoms with Gasteiger partial charge in [-0.25, -0.2) is 0 Å². The van der Waals surface area contributed by atoms with Crippen molar-refractivity contribution < 1.29 is 0 Å². The highest BCUT2D eigenvalue weighted by atomic mass is 35.5. The lowest BCUT2D eigenvalue weighted by atomic mass is 10.0. The van der Waals surface area contributed by atoms with E-state index < -0.39 is 0 Å². The molecule has 1 aromatic carbocycles. The van der Waals surface area contributed by atoms with Crippen LogP contribution in [-0.2, 0) is 6.42 Å². The standard InChI is InChI=1S/C12H17Cl/c1-9(2)12(13)8-11-6-4-5-10(3)7-11/h4-7,9,12H,8H2,1-3H3. The van der Waals surface area contributed by atoms with Crippen LogP contribution < -0.4 is 0 Å². The van der Waals surface area contributed by atoms with Crippen molar-refractivity contribution in [2.75, 3.05) is 0 Å². The van der Waals surface area contributed by atoms with E-state index in [0.29, 0.717) is 5.92 Å². The lowest BCUT2D eigenvalue weighted by Crippen LogP contribution is -2.10. The summed E-state index contributed by atoms with van der Waals surface area (Å²) >= 11 is 6.20. The molecule has 1 atom stereocenters. The minimum atomic E-state index is 0.252. The Labute approximate surface area is 85.9 Å². The molecule has 1 aromatic rings. The van der Waals surface area contributed by atoms with Crippen molar-refractivity contribution in [1.29, 1.82) is 0 Å². The Morgan fingerprint density at radius 2 is 2.00 bits per heavy atom. The predicted octanol–water partition coefficient (Wildman–Crippen LogP) is 3.80. The topological polar surface area (TPSA) is 0 Å². The van der Waals surface area contributed by atoms with E-state index in [1.54, 1.807) is 0 Å². The van der Waals surface area contributed by atoms with Crippen molar-refractivity contribution in [2.45, 2.75) is 32.6 Å². The van der Waals surface area contributed by atoms with Crippen LogP contribution in [0, 0.1) is 12.8 Å². The smallest absolute Gasteiger partial charge is 0.0399 e. The molecule has 13 heavy (non-hydrogen) atoms. The third-order valence-electron chi connectivity index (χ3n) is 2.24. The van der Waals surface area contributed by atoms with Crippen LogP contribution in [0.1, 0.15) is 25.0 Å². The summed E-state index contributed by atoms with van der Waals surface area (Å²) in [5, 5.41) is 0.252. The van der Waals surface area contributed by atoms with Gasteiger partial charge >= 0.3 is 0 Å². The Hall–Kier alpha value is -0.490. The van der Waals surface area contributed by atoms with Gasteiger partial charge < -0.3 is 0 Å². The minimum absolute atomic E-state index is 0.252. The lowest BCUT2D eigenvalue weighted by molar-refractivity contribution is 0.596. The number of hydrogen-bond acceptors (Lipinski definition) is 0. The van der Waals surface area contributed by atoms with Crippen LogP contribution in [0.2, 0.25) is 0 Å². The van der Waals surface area contributed by atoms with Crippen molar-refractivity contribution in [3.05, 3.63) is 35.4 Å². The van der Waals surface area contributed by atoms with Crippen molar-refractivity contribution in [1.82, 2.24) is 0 Å². The van der Waals surface area contributed by atoms with Crippen molar-refractivity contribution in [3.63, 3.8) is 0 Å². The molecule has 0 saturated heterocycles. The van der Waals surface area contributed by atoms with Crippen LogP contribution in [0.3, 0.4) is 0 Å². The monoisotopic (exact) mass is 196 g/mol. The van der Waals surface area contributed by atoms with Crippen LogP contribution in [0.5, 0.6) is 0 Å². The summed E-state index contributed by atoms with van der Waals surface area (Å²) < 4.78 is 0. The number of alkyl halides is 1. The van der Waals surface area contributed by atoms with E-state index in [-0.39, 0.29) is 5.38 Å². The summed E-state index contributed by atoms with van der Waals surface area (Å²) in [5.41, 5.74) is 2.65. The molecule has 0 bridgehead atoms. The van der Waals surface area contributed by atoms with E-state index in [4.69, 9.17) is 11.6 Å². The van der Waals surface area contributed by atoms with E-state index in [9.17, 15) is 0 Å². The van der Waals surface area contributed by atoms with Gasteiger partial charge in [-0.3, -0.25) is 0 Å². The molecular formula is C12H17Cl. The van der Waals surface area contributed by atoms with E-state index in [1.165, 1.54) is 11.1 Å². The minimum Gasteiger partial charge on any atom is -0.122 e. The third-order valence-corrected chi connectivity index (χ3v) is 2.89. The van der Waals surface area contributed by atoms with Gasteiger partial charge in [-0.05, 0) is 24.8 Å². The maximum Gasteiger partial charge on any atom is 0.0399 e. The molecule has 0 aliphatic heterocycles. The maximum absolute atomic E-state index is 6.20. The zero-order valence-corrected chi connectivity index (χ0v) is 9.31. The second-order valence-corrected chi connectivity index (χ2v) is 4.51. The van der Waals surface area contributed by atoms with Gasteiger partial charge in [0, 0.05) is 5.38 Å². The molecule has 0 fully saturated rings. The fraction of sp³-hybridized carbons (Fsp3) is 0.500. The summed E-state index contributed by atoms with van der Waals surface area (Å²) in [7, 11) is 0. The summed E-state index contributed by atoms with van der Waals surface area (Å²) in [6.45, 7) is 6.43. The SMILES string of the molecule is Cc1cccc(CC(Cl)C(C)C)c1. The quantitative estimate of drug-likeness (QED) is 0.646. The maximum atomic E-state index is 6.20. The highest BCUT2D eigenvalue weighted by Gasteiger charge is 2.09. The molecule has 1 heteroatoms. The molecule has 0 aliphatic rings. The second-order valence-electron chi connectivity index (χ2n) is 3.95.